The van der Waals surface area contributed by atoms with Crippen molar-refractivity contribution in [3.63, 3.8) is 0 Å². The number of benzene rings is 1. The van der Waals surface area contributed by atoms with Gasteiger partial charge in [0.15, 0.2) is 0 Å². The summed E-state index contributed by atoms with van der Waals surface area (Å²) in [4.78, 5) is 63.4. The predicted molar refractivity (Wildman–Crippen MR) is 220 cm³/mol. The highest BCUT2D eigenvalue weighted by Crippen LogP contribution is 2.52. The van der Waals surface area contributed by atoms with Crippen molar-refractivity contribution in [3.8, 4) is 11.5 Å². The van der Waals surface area contributed by atoms with Crippen LogP contribution in [0.15, 0.2) is 35.9 Å². The van der Waals surface area contributed by atoms with Crippen LogP contribution < -0.4 is 20.1 Å². The number of carbonyl (C=O) groups excluding carboxylic acids is 3. The maximum atomic E-state index is 14.6. The first kappa shape index (κ1) is 41.3. The number of hydrogen-bond donors (Lipinski definition) is 3. The first-order valence-electron chi connectivity index (χ1n) is 21.3. The lowest BCUT2D eigenvalue weighted by Gasteiger charge is -2.29. The number of morpholine rings is 1. The molecule has 4 heterocycles. The summed E-state index contributed by atoms with van der Waals surface area (Å²) in [5.41, 5.74) is 0.651. The van der Waals surface area contributed by atoms with Crippen molar-refractivity contribution < 1.29 is 43.2 Å². The van der Waals surface area contributed by atoms with Crippen LogP contribution in [0.1, 0.15) is 83.7 Å². The van der Waals surface area contributed by atoms with Gasteiger partial charge in [0.05, 0.1) is 31.0 Å². The van der Waals surface area contributed by atoms with E-state index < -0.39 is 47.6 Å². The van der Waals surface area contributed by atoms with Gasteiger partial charge < -0.3 is 39.6 Å². The van der Waals surface area contributed by atoms with Gasteiger partial charge in [0.2, 0.25) is 11.8 Å². The highest BCUT2D eigenvalue weighted by Gasteiger charge is 2.61. The lowest BCUT2D eigenvalue weighted by atomic mass is 10.0. The van der Waals surface area contributed by atoms with Crippen LogP contribution in [-0.4, -0.2) is 120 Å². The van der Waals surface area contributed by atoms with E-state index in [0.717, 1.165) is 57.3 Å². The highest BCUT2D eigenvalue weighted by molar-refractivity contribution is 6.36. The molecule has 0 radical (unpaired) electrons. The van der Waals surface area contributed by atoms with E-state index in [-0.39, 0.29) is 31.4 Å². The number of carbonyl (C=O) groups is 4. The summed E-state index contributed by atoms with van der Waals surface area (Å²) in [5, 5.41) is 17.0. The maximum absolute atomic E-state index is 14.6. The number of amides is 3. The number of halogens is 1. The van der Waals surface area contributed by atoms with Crippen LogP contribution in [0.2, 0.25) is 5.02 Å². The fraction of sp³-hybridized carbons (Fsp3) is 0.614. The quantitative estimate of drug-likeness (QED) is 0.250. The summed E-state index contributed by atoms with van der Waals surface area (Å²) < 4.78 is 24.1. The molecule has 5 fully saturated rings. The lowest BCUT2D eigenvalue weighted by Crippen LogP contribution is -2.56. The molecule has 1 aromatic heterocycles. The molecule has 8 atom stereocenters. The number of hydrogen-bond acceptors (Lipinski definition) is 10. The maximum Gasteiger partial charge on any atom is 0.408 e. The summed E-state index contributed by atoms with van der Waals surface area (Å²) in [6.45, 7) is 8.21. The van der Waals surface area contributed by atoms with Crippen LogP contribution in [0.25, 0.3) is 17.0 Å². The molecule has 3 aliphatic heterocycles. The molecule has 3 N–H and O–H groups in total. The SMILES string of the molecule is CC(C)=Cc1cc(O[C@@H]2C[C@H]3C(=O)N[C@]4(C(=O)O)C[C@H]4C=CCCCCC[C@H](NC(=O)OC4C[C@@H]5C[C@@H]5C4)C(=O)N3C2)c2ccc(OCCN3CCOCC3)c(Cl)c2n1. The average molecular weight is 834 g/mol. The fourth-order valence-corrected chi connectivity index (χ4v) is 9.59. The van der Waals surface area contributed by atoms with Gasteiger partial charge in [-0.05, 0) is 88.8 Å². The molecule has 1 aromatic carbocycles. The van der Waals surface area contributed by atoms with E-state index in [1.165, 1.54) is 11.3 Å². The first-order chi connectivity index (χ1) is 28.5. The zero-order valence-electron chi connectivity index (χ0n) is 34.0. The van der Waals surface area contributed by atoms with Crippen molar-refractivity contribution in [1.82, 2.24) is 25.4 Å². The molecule has 59 heavy (non-hydrogen) atoms. The standard InChI is InChI=1S/C44H56ClN5O9/c1-26(2)18-30-22-37(33-10-11-36(38(45)39(33)46-30)57-17-14-49-12-15-56-16-13-49)58-32-23-35-40(51)48-44(42(53)54)24-29(44)8-6-4-3-5-7-9-34(41(52)50(35)25-32)47-43(55)59-31-20-27-19-28(27)21-31/h6,8,10-11,18,22,27-29,31-32,34-35H,3-5,7,9,12-17,19-21,23-25H2,1-2H3,(H,47,55)(H,48,51)(H,53,54)/t27-,28+,29-,31?,32-,34+,35+,44-/m1/s1. The van der Waals surface area contributed by atoms with Gasteiger partial charge in [-0.25, -0.2) is 14.6 Å². The number of nitrogens with one attached hydrogen (secondary N) is 2. The van der Waals surface area contributed by atoms with Gasteiger partial charge in [-0.15, -0.1) is 0 Å². The molecule has 3 saturated carbocycles. The number of fused-ring (bicyclic) bond motifs is 4. The van der Waals surface area contributed by atoms with Gasteiger partial charge in [0.25, 0.3) is 0 Å². The minimum Gasteiger partial charge on any atom is -0.491 e. The molecule has 14 nitrogen and oxygen atoms in total. The third-order valence-corrected chi connectivity index (χ3v) is 13.1. The monoisotopic (exact) mass is 833 g/mol. The Morgan fingerprint density at radius 1 is 1.07 bits per heavy atom. The van der Waals surface area contributed by atoms with Crippen LogP contribution in [0.4, 0.5) is 4.79 Å². The van der Waals surface area contributed by atoms with Crippen LogP contribution in [0.3, 0.4) is 0 Å². The molecule has 0 spiro atoms. The summed E-state index contributed by atoms with van der Waals surface area (Å²) >= 11 is 7.00. The van der Waals surface area contributed by atoms with Crippen molar-refractivity contribution in [1.29, 1.82) is 0 Å². The second-order valence-electron chi connectivity index (χ2n) is 17.4. The van der Waals surface area contributed by atoms with Crippen LogP contribution in [-0.2, 0) is 23.9 Å². The summed E-state index contributed by atoms with van der Waals surface area (Å²) in [6.07, 6.45) is 11.0. The first-order valence-corrected chi connectivity index (χ1v) is 21.7. The Labute approximate surface area is 350 Å². The topological polar surface area (TPSA) is 169 Å². The van der Waals surface area contributed by atoms with Gasteiger partial charge in [-0.2, -0.15) is 0 Å². The number of carboxylic acids is 1. The Bertz CT molecular complexity index is 1990. The molecular formula is C44H56ClN5O9. The zero-order chi connectivity index (χ0) is 41.3. The Hall–Kier alpha value is -4.40. The van der Waals surface area contributed by atoms with Crippen molar-refractivity contribution >= 4 is 52.5 Å². The van der Waals surface area contributed by atoms with Crippen molar-refractivity contribution in [2.45, 2.75) is 108 Å². The van der Waals surface area contributed by atoms with Gasteiger partial charge in [-0.1, -0.05) is 42.2 Å². The number of aliphatic carboxylic acids is 1. The molecule has 318 valence electrons. The highest BCUT2D eigenvalue weighted by atomic mass is 35.5. The lowest BCUT2D eigenvalue weighted by molar-refractivity contribution is -0.145. The number of pyridine rings is 1. The predicted octanol–water partition coefficient (Wildman–Crippen LogP) is 5.74. The van der Waals surface area contributed by atoms with Crippen LogP contribution in [0, 0.1) is 17.8 Å². The Balaban J connectivity index is 1.06. The Kier molecular flexibility index (Phi) is 12.4. The third-order valence-electron chi connectivity index (χ3n) is 12.8. The second-order valence-corrected chi connectivity index (χ2v) is 17.8. The summed E-state index contributed by atoms with van der Waals surface area (Å²) in [6, 6.07) is 3.47. The summed E-state index contributed by atoms with van der Waals surface area (Å²) in [7, 11) is 0. The number of allylic oxidation sites excluding steroid dienone is 2. The molecule has 8 rings (SSSR count). The van der Waals surface area contributed by atoms with Gasteiger partial charge >= 0.3 is 12.1 Å². The molecule has 15 heteroatoms. The van der Waals surface area contributed by atoms with Gasteiger partial charge in [-0.3, -0.25) is 14.5 Å². The van der Waals surface area contributed by atoms with Crippen molar-refractivity contribution in [2.75, 3.05) is 46.0 Å². The number of aromatic nitrogens is 1. The smallest absolute Gasteiger partial charge is 0.408 e. The van der Waals surface area contributed by atoms with Crippen molar-refractivity contribution in [3.05, 3.63) is 46.6 Å². The second kappa shape index (κ2) is 17.7. The zero-order valence-corrected chi connectivity index (χ0v) is 34.7. The Morgan fingerprint density at radius 2 is 1.86 bits per heavy atom. The van der Waals surface area contributed by atoms with E-state index in [4.69, 9.17) is 35.5 Å². The van der Waals surface area contributed by atoms with E-state index in [1.807, 2.05) is 44.2 Å². The number of rotatable bonds is 10. The Morgan fingerprint density at radius 3 is 2.63 bits per heavy atom. The number of nitrogens with zero attached hydrogens (tertiary/aromatic N) is 3. The van der Waals surface area contributed by atoms with Gasteiger partial charge in [0, 0.05) is 43.4 Å². The molecule has 2 saturated heterocycles. The van der Waals surface area contributed by atoms with E-state index in [2.05, 4.69) is 15.5 Å². The number of alkyl carbamates (subject to hydrolysis) is 1. The number of carboxylic acid groups (broad SMARTS) is 1. The van der Waals surface area contributed by atoms with E-state index in [0.29, 0.717) is 77.6 Å². The van der Waals surface area contributed by atoms with Crippen LogP contribution >= 0.6 is 11.6 Å². The number of ether oxygens (including phenoxy) is 4. The molecule has 1 unspecified atom stereocenters. The largest absolute Gasteiger partial charge is 0.491 e. The normalized spacial score (nSPS) is 30.8. The molecule has 3 aliphatic carbocycles. The van der Waals surface area contributed by atoms with Gasteiger partial charge in [0.1, 0.15) is 53.0 Å². The molecule has 3 amide bonds. The van der Waals surface area contributed by atoms with Crippen molar-refractivity contribution in [2.24, 2.45) is 17.8 Å². The molecule has 0 bridgehead atoms. The molecular weight excluding hydrogens is 778 g/mol. The minimum absolute atomic E-state index is 0.0256. The van der Waals surface area contributed by atoms with Crippen LogP contribution in [0.5, 0.6) is 11.5 Å². The van der Waals surface area contributed by atoms with E-state index >= 15 is 0 Å². The van der Waals surface area contributed by atoms with E-state index in [9.17, 15) is 24.3 Å². The van der Waals surface area contributed by atoms with E-state index in [1.54, 1.807) is 6.07 Å². The third kappa shape index (κ3) is 9.49. The fourth-order valence-electron chi connectivity index (χ4n) is 9.33. The minimum atomic E-state index is -1.45. The summed E-state index contributed by atoms with van der Waals surface area (Å²) in [5.74, 6) is -0.270. The molecule has 2 aromatic rings. The average Bonchev–Trinajstić information content (AvgIpc) is 4.00. The molecule has 6 aliphatic rings.